The van der Waals surface area contributed by atoms with Crippen LogP contribution in [0.1, 0.15) is 5.56 Å². The summed E-state index contributed by atoms with van der Waals surface area (Å²) < 4.78 is 0. The largest absolute Gasteiger partial charge is 0.354 e. The summed E-state index contributed by atoms with van der Waals surface area (Å²) in [6, 6.07) is 12.3. The lowest BCUT2D eigenvalue weighted by Gasteiger charge is -2.33. The summed E-state index contributed by atoms with van der Waals surface area (Å²) in [5.41, 5.74) is 1.23. The number of hydrogen-bond donors (Lipinski definition) is 1. The standard InChI is InChI=1S/C16H21N5/c1-20-9-11-21(12-10-20)15-7-8-17-16(19-15)18-13-14-5-3-2-4-6-14/h2-8H,9-13H2,1H3,(H,17,18,19). The van der Waals surface area contributed by atoms with E-state index in [1.807, 2.05) is 30.5 Å². The molecule has 1 saturated heterocycles. The highest BCUT2D eigenvalue weighted by atomic mass is 15.3. The molecular formula is C16H21N5. The highest BCUT2D eigenvalue weighted by Gasteiger charge is 2.15. The topological polar surface area (TPSA) is 44.3 Å². The van der Waals surface area contributed by atoms with Crippen LogP contribution in [0, 0.1) is 0 Å². The van der Waals surface area contributed by atoms with Crippen molar-refractivity contribution in [1.29, 1.82) is 0 Å². The van der Waals surface area contributed by atoms with E-state index in [0.29, 0.717) is 5.95 Å². The van der Waals surface area contributed by atoms with Gasteiger partial charge in [0.2, 0.25) is 5.95 Å². The minimum absolute atomic E-state index is 0.690. The molecule has 110 valence electrons. The number of likely N-dealkylation sites (N-methyl/N-ethyl adjacent to an activating group) is 1. The zero-order valence-electron chi connectivity index (χ0n) is 12.4. The van der Waals surface area contributed by atoms with Crippen molar-refractivity contribution >= 4 is 11.8 Å². The molecule has 0 spiro atoms. The molecule has 0 bridgehead atoms. The fourth-order valence-electron chi connectivity index (χ4n) is 2.42. The Morgan fingerprint density at radius 3 is 2.57 bits per heavy atom. The van der Waals surface area contributed by atoms with Crippen molar-refractivity contribution in [2.75, 3.05) is 43.4 Å². The van der Waals surface area contributed by atoms with E-state index in [-0.39, 0.29) is 0 Å². The number of anilines is 2. The number of rotatable bonds is 4. The second kappa shape index (κ2) is 6.54. The van der Waals surface area contributed by atoms with Crippen molar-refractivity contribution in [3.8, 4) is 0 Å². The van der Waals surface area contributed by atoms with Crippen molar-refractivity contribution in [3.63, 3.8) is 0 Å². The molecule has 21 heavy (non-hydrogen) atoms. The lowest BCUT2D eigenvalue weighted by atomic mass is 10.2. The van der Waals surface area contributed by atoms with Gasteiger partial charge in [-0.25, -0.2) is 4.98 Å². The molecule has 0 saturated carbocycles. The monoisotopic (exact) mass is 283 g/mol. The Morgan fingerprint density at radius 2 is 1.81 bits per heavy atom. The van der Waals surface area contributed by atoms with Crippen molar-refractivity contribution in [2.45, 2.75) is 6.54 Å². The van der Waals surface area contributed by atoms with Gasteiger partial charge in [-0.2, -0.15) is 4.98 Å². The molecule has 0 atom stereocenters. The first kappa shape index (κ1) is 13.8. The molecule has 2 aromatic rings. The van der Waals surface area contributed by atoms with Gasteiger partial charge in [-0.1, -0.05) is 30.3 Å². The first-order valence-corrected chi connectivity index (χ1v) is 7.35. The Morgan fingerprint density at radius 1 is 1.05 bits per heavy atom. The molecule has 3 rings (SSSR count). The van der Waals surface area contributed by atoms with E-state index in [0.717, 1.165) is 38.5 Å². The van der Waals surface area contributed by atoms with Crippen LogP contribution in [0.4, 0.5) is 11.8 Å². The Hall–Kier alpha value is -2.14. The second-order valence-electron chi connectivity index (χ2n) is 5.37. The summed E-state index contributed by atoms with van der Waals surface area (Å²) >= 11 is 0. The van der Waals surface area contributed by atoms with Gasteiger partial charge in [0.25, 0.3) is 0 Å². The third kappa shape index (κ3) is 3.70. The molecule has 1 aromatic carbocycles. The van der Waals surface area contributed by atoms with E-state index in [2.05, 4.69) is 44.3 Å². The molecular weight excluding hydrogens is 262 g/mol. The van der Waals surface area contributed by atoms with Crippen LogP contribution in [0.3, 0.4) is 0 Å². The molecule has 2 heterocycles. The predicted molar refractivity (Wildman–Crippen MR) is 85.5 cm³/mol. The van der Waals surface area contributed by atoms with Crippen LogP contribution in [-0.4, -0.2) is 48.1 Å². The maximum atomic E-state index is 4.62. The molecule has 1 N–H and O–H groups in total. The van der Waals surface area contributed by atoms with Crippen LogP contribution in [0.15, 0.2) is 42.6 Å². The number of piperazine rings is 1. The lowest BCUT2D eigenvalue weighted by Crippen LogP contribution is -2.44. The third-order valence-corrected chi connectivity index (χ3v) is 3.76. The van der Waals surface area contributed by atoms with E-state index in [1.54, 1.807) is 0 Å². The summed E-state index contributed by atoms with van der Waals surface area (Å²) in [6.07, 6.45) is 1.83. The molecule has 1 aliphatic heterocycles. The smallest absolute Gasteiger partial charge is 0.224 e. The first-order valence-electron chi connectivity index (χ1n) is 7.35. The van der Waals surface area contributed by atoms with Crippen LogP contribution < -0.4 is 10.2 Å². The summed E-state index contributed by atoms with van der Waals surface area (Å²) in [4.78, 5) is 13.6. The molecule has 5 nitrogen and oxygen atoms in total. The molecule has 0 amide bonds. The minimum Gasteiger partial charge on any atom is -0.354 e. The second-order valence-corrected chi connectivity index (χ2v) is 5.37. The molecule has 1 aliphatic rings. The van der Waals surface area contributed by atoms with Gasteiger partial charge in [-0.15, -0.1) is 0 Å². The van der Waals surface area contributed by atoms with Gasteiger partial charge in [0.15, 0.2) is 0 Å². The fraction of sp³-hybridized carbons (Fsp3) is 0.375. The number of nitrogens with zero attached hydrogens (tertiary/aromatic N) is 4. The van der Waals surface area contributed by atoms with E-state index in [4.69, 9.17) is 0 Å². The van der Waals surface area contributed by atoms with Crippen LogP contribution >= 0.6 is 0 Å². The average molecular weight is 283 g/mol. The highest BCUT2D eigenvalue weighted by molar-refractivity contribution is 5.43. The van der Waals surface area contributed by atoms with Gasteiger partial charge in [0, 0.05) is 38.9 Å². The van der Waals surface area contributed by atoms with E-state index in [9.17, 15) is 0 Å². The molecule has 0 aliphatic carbocycles. The van der Waals surface area contributed by atoms with Crippen LogP contribution in [0.2, 0.25) is 0 Å². The van der Waals surface area contributed by atoms with Gasteiger partial charge >= 0.3 is 0 Å². The Kier molecular flexibility index (Phi) is 4.31. The van der Waals surface area contributed by atoms with Crippen molar-refractivity contribution in [2.24, 2.45) is 0 Å². The third-order valence-electron chi connectivity index (χ3n) is 3.76. The Labute approximate surface area is 125 Å². The van der Waals surface area contributed by atoms with Crippen LogP contribution in [0.5, 0.6) is 0 Å². The SMILES string of the molecule is CN1CCN(c2ccnc(NCc3ccccc3)n2)CC1. The molecule has 0 radical (unpaired) electrons. The summed E-state index contributed by atoms with van der Waals surface area (Å²) in [7, 11) is 2.16. The van der Waals surface area contributed by atoms with Crippen molar-refractivity contribution in [1.82, 2.24) is 14.9 Å². The predicted octanol–water partition coefficient (Wildman–Crippen LogP) is 1.84. The summed E-state index contributed by atoms with van der Waals surface area (Å²) in [5, 5.41) is 3.29. The minimum atomic E-state index is 0.690. The number of hydrogen-bond acceptors (Lipinski definition) is 5. The quantitative estimate of drug-likeness (QED) is 0.927. The summed E-state index contributed by atoms with van der Waals surface area (Å²) in [5.74, 6) is 1.70. The molecule has 5 heteroatoms. The maximum absolute atomic E-state index is 4.62. The number of nitrogens with one attached hydrogen (secondary N) is 1. The number of aromatic nitrogens is 2. The molecule has 1 aromatic heterocycles. The zero-order valence-corrected chi connectivity index (χ0v) is 12.4. The van der Waals surface area contributed by atoms with Gasteiger partial charge in [-0.05, 0) is 18.7 Å². The van der Waals surface area contributed by atoms with E-state index in [1.165, 1.54) is 5.56 Å². The van der Waals surface area contributed by atoms with Crippen LogP contribution in [-0.2, 0) is 6.54 Å². The van der Waals surface area contributed by atoms with E-state index >= 15 is 0 Å². The van der Waals surface area contributed by atoms with Gasteiger partial charge in [0.05, 0.1) is 0 Å². The van der Waals surface area contributed by atoms with Crippen molar-refractivity contribution in [3.05, 3.63) is 48.2 Å². The summed E-state index contributed by atoms with van der Waals surface area (Å²) in [6.45, 7) is 4.94. The van der Waals surface area contributed by atoms with Crippen molar-refractivity contribution < 1.29 is 0 Å². The highest BCUT2D eigenvalue weighted by Crippen LogP contribution is 2.14. The van der Waals surface area contributed by atoms with Gasteiger partial charge in [-0.3, -0.25) is 0 Å². The maximum Gasteiger partial charge on any atom is 0.224 e. The average Bonchev–Trinajstić information content (AvgIpc) is 2.55. The van der Waals surface area contributed by atoms with Crippen LogP contribution in [0.25, 0.3) is 0 Å². The Balaban J connectivity index is 1.63. The molecule has 0 unspecified atom stereocenters. The van der Waals surface area contributed by atoms with E-state index < -0.39 is 0 Å². The molecule has 1 fully saturated rings. The zero-order chi connectivity index (χ0) is 14.5. The normalized spacial score (nSPS) is 16.0. The van der Waals surface area contributed by atoms with Gasteiger partial charge < -0.3 is 15.1 Å². The van der Waals surface area contributed by atoms with Gasteiger partial charge in [0.1, 0.15) is 5.82 Å². The first-order chi connectivity index (χ1) is 10.3. The fourth-order valence-corrected chi connectivity index (χ4v) is 2.42. The number of benzene rings is 1. The lowest BCUT2D eigenvalue weighted by molar-refractivity contribution is 0.312. The Bertz CT molecular complexity index is 564.